The van der Waals surface area contributed by atoms with Gasteiger partial charge in [0.2, 0.25) is 5.91 Å². The molecule has 1 aromatic heterocycles. The molecule has 1 amide bonds. The second-order valence-electron chi connectivity index (χ2n) is 5.21. The number of carbonyl (C=O) groups excluding carboxylic acids is 1. The zero-order chi connectivity index (χ0) is 15.4. The van der Waals surface area contributed by atoms with Crippen LogP contribution in [0.4, 0.5) is 10.8 Å². The fraction of sp³-hybridized carbons (Fsp3) is 0.375. The average Bonchev–Trinajstić information content (AvgIpc) is 2.84. The van der Waals surface area contributed by atoms with Crippen LogP contribution < -0.4 is 10.6 Å². The van der Waals surface area contributed by atoms with E-state index >= 15 is 0 Å². The molecular weight excluding hydrogens is 282 g/mol. The SMILES string of the molecule is CC[C@H](Nc1cc(C)ccc1C)C(=O)Nc1nc(C)cs1. The number of benzene rings is 1. The van der Waals surface area contributed by atoms with Gasteiger partial charge in [-0.25, -0.2) is 4.98 Å². The summed E-state index contributed by atoms with van der Waals surface area (Å²) in [6, 6.07) is 5.93. The van der Waals surface area contributed by atoms with Crippen molar-refractivity contribution in [2.75, 3.05) is 10.6 Å². The lowest BCUT2D eigenvalue weighted by Crippen LogP contribution is -2.34. The first-order valence-corrected chi connectivity index (χ1v) is 7.94. The average molecular weight is 303 g/mol. The van der Waals surface area contributed by atoms with Crippen molar-refractivity contribution in [1.82, 2.24) is 4.98 Å². The zero-order valence-electron chi connectivity index (χ0n) is 12.9. The van der Waals surface area contributed by atoms with Crippen LogP contribution in [-0.4, -0.2) is 16.9 Å². The first-order valence-electron chi connectivity index (χ1n) is 7.06. The Morgan fingerprint density at radius 3 is 2.71 bits per heavy atom. The van der Waals surface area contributed by atoms with Gasteiger partial charge in [0.25, 0.3) is 0 Å². The molecular formula is C16H21N3OS. The number of rotatable bonds is 5. The number of carbonyl (C=O) groups is 1. The molecule has 4 nitrogen and oxygen atoms in total. The Bertz CT molecular complexity index is 636. The van der Waals surface area contributed by atoms with Gasteiger partial charge in [-0.05, 0) is 44.4 Å². The Hall–Kier alpha value is -1.88. The van der Waals surface area contributed by atoms with Gasteiger partial charge in [0, 0.05) is 11.1 Å². The van der Waals surface area contributed by atoms with Crippen LogP contribution in [-0.2, 0) is 4.79 Å². The van der Waals surface area contributed by atoms with E-state index in [0.29, 0.717) is 11.6 Å². The van der Waals surface area contributed by atoms with Crippen molar-refractivity contribution >= 4 is 28.1 Å². The van der Waals surface area contributed by atoms with Crippen LogP contribution in [0.25, 0.3) is 0 Å². The monoisotopic (exact) mass is 303 g/mol. The molecule has 1 heterocycles. The molecule has 0 radical (unpaired) electrons. The number of nitrogens with zero attached hydrogens (tertiary/aromatic N) is 1. The second kappa shape index (κ2) is 6.72. The summed E-state index contributed by atoms with van der Waals surface area (Å²) in [6.07, 6.45) is 0.712. The molecule has 21 heavy (non-hydrogen) atoms. The molecule has 0 aliphatic heterocycles. The van der Waals surface area contributed by atoms with Crippen LogP contribution in [0.15, 0.2) is 23.6 Å². The van der Waals surface area contributed by atoms with Gasteiger partial charge in [-0.1, -0.05) is 19.1 Å². The molecule has 1 atom stereocenters. The molecule has 0 fully saturated rings. The van der Waals surface area contributed by atoms with E-state index in [9.17, 15) is 4.79 Å². The highest BCUT2D eigenvalue weighted by molar-refractivity contribution is 7.13. The second-order valence-corrected chi connectivity index (χ2v) is 6.06. The number of thiazole rings is 1. The summed E-state index contributed by atoms with van der Waals surface area (Å²) in [7, 11) is 0. The van der Waals surface area contributed by atoms with Crippen molar-refractivity contribution in [2.45, 2.75) is 40.2 Å². The molecule has 0 unspecified atom stereocenters. The van der Waals surface area contributed by atoms with Crippen molar-refractivity contribution in [3.8, 4) is 0 Å². The normalized spacial score (nSPS) is 12.0. The van der Waals surface area contributed by atoms with Gasteiger partial charge < -0.3 is 10.6 Å². The smallest absolute Gasteiger partial charge is 0.248 e. The van der Waals surface area contributed by atoms with E-state index in [2.05, 4.69) is 33.8 Å². The lowest BCUT2D eigenvalue weighted by atomic mass is 10.1. The maximum atomic E-state index is 12.3. The Morgan fingerprint density at radius 2 is 2.10 bits per heavy atom. The Labute approximate surface area is 129 Å². The van der Waals surface area contributed by atoms with Gasteiger partial charge >= 0.3 is 0 Å². The van der Waals surface area contributed by atoms with Crippen LogP contribution in [0.3, 0.4) is 0 Å². The number of aryl methyl sites for hydroxylation is 3. The number of nitrogens with one attached hydrogen (secondary N) is 2. The molecule has 0 aliphatic rings. The number of hydrogen-bond donors (Lipinski definition) is 2. The minimum atomic E-state index is -0.269. The Morgan fingerprint density at radius 1 is 1.33 bits per heavy atom. The van der Waals surface area contributed by atoms with Gasteiger partial charge in [-0.2, -0.15) is 0 Å². The largest absolute Gasteiger partial charge is 0.373 e. The Balaban J connectivity index is 2.08. The van der Waals surface area contributed by atoms with Crippen LogP contribution in [0, 0.1) is 20.8 Å². The van der Waals surface area contributed by atoms with Crippen LogP contribution >= 0.6 is 11.3 Å². The zero-order valence-corrected chi connectivity index (χ0v) is 13.7. The van der Waals surface area contributed by atoms with E-state index in [0.717, 1.165) is 16.9 Å². The maximum absolute atomic E-state index is 12.3. The van der Waals surface area contributed by atoms with E-state index in [1.54, 1.807) is 0 Å². The highest BCUT2D eigenvalue weighted by atomic mass is 32.1. The van der Waals surface area contributed by atoms with Gasteiger partial charge in [0.15, 0.2) is 5.13 Å². The van der Waals surface area contributed by atoms with E-state index in [1.165, 1.54) is 16.9 Å². The third kappa shape index (κ3) is 4.04. The van der Waals surface area contributed by atoms with E-state index in [1.807, 2.05) is 33.1 Å². The van der Waals surface area contributed by atoms with Crippen molar-refractivity contribution in [3.05, 3.63) is 40.4 Å². The standard InChI is InChI=1S/C16H21N3OS/c1-5-13(15(20)19-16-17-12(4)9-21-16)18-14-8-10(2)6-7-11(14)3/h6-9,13,18H,5H2,1-4H3,(H,17,19,20)/t13-/m0/s1. The van der Waals surface area contributed by atoms with Crippen molar-refractivity contribution < 1.29 is 4.79 Å². The summed E-state index contributed by atoms with van der Waals surface area (Å²) in [5.41, 5.74) is 4.24. The summed E-state index contributed by atoms with van der Waals surface area (Å²) >= 11 is 1.45. The fourth-order valence-electron chi connectivity index (χ4n) is 2.04. The van der Waals surface area contributed by atoms with Gasteiger partial charge in [-0.15, -0.1) is 11.3 Å². The maximum Gasteiger partial charge on any atom is 0.248 e. The molecule has 2 N–H and O–H groups in total. The number of anilines is 2. The van der Waals surface area contributed by atoms with Gasteiger partial charge in [0.05, 0.1) is 5.69 Å². The minimum Gasteiger partial charge on any atom is -0.373 e. The lowest BCUT2D eigenvalue weighted by Gasteiger charge is -2.19. The first-order chi connectivity index (χ1) is 9.99. The molecule has 0 spiro atoms. The molecule has 0 bridgehead atoms. The molecule has 0 aliphatic carbocycles. The fourth-order valence-corrected chi connectivity index (χ4v) is 2.73. The molecule has 2 rings (SSSR count). The Kier molecular flexibility index (Phi) is 4.96. The third-order valence-corrected chi connectivity index (χ3v) is 4.17. The van der Waals surface area contributed by atoms with Crippen molar-refractivity contribution in [1.29, 1.82) is 0 Å². The minimum absolute atomic E-state index is 0.0484. The summed E-state index contributed by atoms with van der Waals surface area (Å²) in [4.78, 5) is 16.6. The first kappa shape index (κ1) is 15.5. The van der Waals surface area contributed by atoms with Crippen LogP contribution in [0.5, 0.6) is 0 Å². The third-order valence-electron chi connectivity index (χ3n) is 3.30. The number of aromatic nitrogens is 1. The van der Waals surface area contributed by atoms with E-state index < -0.39 is 0 Å². The molecule has 0 saturated carbocycles. The van der Waals surface area contributed by atoms with Crippen molar-refractivity contribution in [3.63, 3.8) is 0 Å². The molecule has 112 valence electrons. The highest BCUT2D eigenvalue weighted by Gasteiger charge is 2.18. The summed E-state index contributed by atoms with van der Waals surface area (Å²) in [6.45, 7) is 7.99. The van der Waals surface area contributed by atoms with Crippen LogP contribution in [0.1, 0.15) is 30.2 Å². The van der Waals surface area contributed by atoms with Gasteiger partial charge in [0.1, 0.15) is 6.04 Å². The number of amides is 1. The van der Waals surface area contributed by atoms with Crippen LogP contribution in [0.2, 0.25) is 0 Å². The summed E-state index contributed by atoms with van der Waals surface area (Å²) in [5, 5.41) is 8.78. The predicted octanol–water partition coefficient (Wildman–Crippen LogP) is 3.90. The quantitative estimate of drug-likeness (QED) is 0.881. The number of hydrogen-bond acceptors (Lipinski definition) is 4. The predicted molar refractivity (Wildman–Crippen MR) is 89.1 cm³/mol. The highest BCUT2D eigenvalue weighted by Crippen LogP contribution is 2.19. The lowest BCUT2D eigenvalue weighted by molar-refractivity contribution is -0.116. The summed E-state index contributed by atoms with van der Waals surface area (Å²) < 4.78 is 0. The topological polar surface area (TPSA) is 54.0 Å². The van der Waals surface area contributed by atoms with Crippen molar-refractivity contribution in [2.24, 2.45) is 0 Å². The molecule has 0 saturated heterocycles. The van der Waals surface area contributed by atoms with E-state index in [-0.39, 0.29) is 11.9 Å². The molecule has 1 aromatic carbocycles. The van der Waals surface area contributed by atoms with Gasteiger partial charge in [-0.3, -0.25) is 4.79 Å². The summed E-state index contributed by atoms with van der Waals surface area (Å²) in [5.74, 6) is -0.0484. The molecule has 5 heteroatoms. The van der Waals surface area contributed by atoms with E-state index in [4.69, 9.17) is 0 Å². The molecule has 2 aromatic rings.